The van der Waals surface area contributed by atoms with Crippen LogP contribution in [-0.2, 0) is 25.9 Å². The van der Waals surface area contributed by atoms with Crippen LogP contribution < -0.4 is 15.5 Å². The first kappa shape index (κ1) is 22.1. The van der Waals surface area contributed by atoms with Gasteiger partial charge in [-0.2, -0.15) is 5.10 Å². The van der Waals surface area contributed by atoms with Gasteiger partial charge in [-0.1, -0.05) is 13.0 Å². The largest absolute Gasteiger partial charge is 0.370 e. The monoisotopic (exact) mass is 415 g/mol. The quantitative estimate of drug-likeness (QED) is 0.512. The van der Waals surface area contributed by atoms with Crippen molar-refractivity contribution in [3.63, 3.8) is 0 Å². The molecule has 0 radical (unpaired) electrons. The Balaban J connectivity index is 1.65. The summed E-state index contributed by atoms with van der Waals surface area (Å²) in [5.41, 5.74) is 1.51. The molecule has 2 N–H and O–H groups in total. The summed E-state index contributed by atoms with van der Waals surface area (Å²) in [6, 6.07) is 5.64. The van der Waals surface area contributed by atoms with Gasteiger partial charge in [-0.3, -0.25) is 0 Å². The van der Waals surface area contributed by atoms with Crippen molar-refractivity contribution in [3.05, 3.63) is 41.2 Å². The number of guanidine groups is 1. The van der Waals surface area contributed by atoms with Gasteiger partial charge in [-0.15, -0.1) is 0 Å². The molecule has 0 saturated heterocycles. The van der Waals surface area contributed by atoms with Gasteiger partial charge in [0.15, 0.2) is 11.8 Å². The molecule has 7 nitrogen and oxygen atoms in total. The Hall–Kier alpha value is -2.64. The molecule has 0 amide bonds. The topological polar surface area (TPSA) is 70.4 Å². The van der Waals surface area contributed by atoms with E-state index in [4.69, 9.17) is 0 Å². The molecule has 1 aromatic heterocycles. The minimum Gasteiger partial charge on any atom is -0.370 e. The van der Waals surface area contributed by atoms with Gasteiger partial charge in [0, 0.05) is 38.5 Å². The summed E-state index contributed by atoms with van der Waals surface area (Å²) >= 11 is 0. The smallest absolute Gasteiger partial charge is 0.191 e. The maximum absolute atomic E-state index is 14.6. The van der Waals surface area contributed by atoms with Crippen LogP contribution in [0.3, 0.4) is 0 Å². The lowest BCUT2D eigenvalue weighted by molar-refractivity contribution is 0.392. The number of fused-ring (bicyclic) bond motifs is 1. The average Bonchev–Trinajstić information content (AvgIpc) is 3.17. The summed E-state index contributed by atoms with van der Waals surface area (Å²) in [6.45, 7) is 11.7. The second-order valence-electron chi connectivity index (χ2n) is 7.51. The second kappa shape index (κ2) is 10.4. The van der Waals surface area contributed by atoms with Crippen LogP contribution in [0.1, 0.15) is 51.3 Å². The number of anilines is 1. The molecule has 1 unspecified atom stereocenters. The molecule has 0 spiro atoms. The Bertz CT molecular complexity index is 857. The van der Waals surface area contributed by atoms with Crippen molar-refractivity contribution < 1.29 is 4.39 Å². The Morgan fingerprint density at radius 1 is 1.27 bits per heavy atom. The van der Waals surface area contributed by atoms with Gasteiger partial charge in [0.2, 0.25) is 0 Å². The average molecular weight is 416 g/mol. The Morgan fingerprint density at radius 2 is 2.07 bits per heavy atom. The summed E-state index contributed by atoms with van der Waals surface area (Å²) in [7, 11) is 0. The molecule has 3 rings (SSSR count). The van der Waals surface area contributed by atoms with E-state index in [0.29, 0.717) is 12.2 Å². The molecule has 1 aromatic carbocycles. The predicted octanol–water partition coefficient (Wildman–Crippen LogP) is 2.90. The van der Waals surface area contributed by atoms with Gasteiger partial charge in [-0.25, -0.2) is 19.0 Å². The van der Waals surface area contributed by atoms with Gasteiger partial charge in [-0.05, 0) is 44.9 Å². The standard InChI is InChI=1S/C22H34FN7/c1-5-20-27-21-12-10-17(15-30(21)28-20)26-22(24-6-2)25-14-16-9-11-19(18(23)13-16)29(7-3)8-4/h9,11,13,17H,5-8,10,12,14-15H2,1-4H3,(H2,24,25,26). The molecular formula is C22H34FN7. The first-order valence-electron chi connectivity index (χ1n) is 11.1. The number of nitrogens with one attached hydrogen (secondary N) is 2. The van der Waals surface area contributed by atoms with E-state index in [-0.39, 0.29) is 11.9 Å². The molecule has 2 aromatic rings. The molecule has 0 fully saturated rings. The van der Waals surface area contributed by atoms with Crippen molar-refractivity contribution >= 4 is 11.6 Å². The first-order chi connectivity index (χ1) is 14.6. The van der Waals surface area contributed by atoms with Crippen LogP contribution >= 0.6 is 0 Å². The fraction of sp³-hybridized carbons (Fsp3) is 0.591. The molecule has 0 bridgehead atoms. The minimum atomic E-state index is -0.193. The summed E-state index contributed by atoms with van der Waals surface area (Å²) < 4.78 is 16.6. The highest BCUT2D eigenvalue weighted by Gasteiger charge is 2.22. The number of halogens is 1. The van der Waals surface area contributed by atoms with Crippen LogP contribution in [0.25, 0.3) is 0 Å². The number of nitrogens with zero attached hydrogens (tertiary/aromatic N) is 5. The molecule has 30 heavy (non-hydrogen) atoms. The SMILES string of the molecule is CCNC(=NCc1ccc(N(CC)CC)c(F)c1)NC1CCc2nc(CC)nn2C1. The van der Waals surface area contributed by atoms with Gasteiger partial charge in [0.25, 0.3) is 0 Å². The van der Waals surface area contributed by atoms with E-state index in [1.54, 1.807) is 6.07 Å². The second-order valence-corrected chi connectivity index (χ2v) is 7.51. The third-order valence-corrected chi connectivity index (χ3v) is 5.44. The molecule has 0 aliphatic carbocycles. The van der Waals surface area contributed by atoms with Crippen LogP contribution in [0.4, 0.5) is 10.1 Å². The van der Waals surface area contributed by atoms with Crippen LogP contribution in [0, 0.1) is 5.82 Å². The zero-order valence-electron chi connectivity index (χ0n) is 18.6. The highest BCUT2D eigenvalue weighted by atomic mass is 19.1. The van der Waals surface area contributed by atoms with Crippen LogP contribution in [0.15, 0.2) is 23.2 Å². The first-order valence-corrected chi connectivity index (χ1v) is 11.1. The van der Waals surface area contributed by atoms with Crippen molar-refractivity contribution in [2.24, 2.45) is 4.99 Å². The van der Waals surface area contributed by atoms with E-state index in [0.717, 1.165) is 68.6 Å². The van der Waals surface area contributed by atoms with Gasteiger partial charge in [0.1, 0.15) is 11.6 Å². The van der Waals surface area contributed by atoms with Gasteiger partial charge < -0.3 is 15.5 Å². The summed E-state index contributed by atoms with van der Waals surface area (Å²) in [6.07, 6.45) is 2.74. The predicted molar refractivity (Wildman–Crippen MR) is 119 cm³/mol. The van der Waals surface area contributed by atoms with Crippen molar-refractivity contribution in [1.82, 2.24) is 25.4 Å². The van der Waals surface area contributed by atoms with E-state index < -0.39 is 0 Å². The molecule has 0 saturated carbocycles. The van der Waals surface area contributed by atoms with Crippen molar-refractivity contribution in [2.45, 2.75) is 66.1 Å². The Kier molecular flexibility index (Phi) is 7.65. The highest BCUT2D eigenvalue weighted by molar-refractivity contribution is 5.80. The number of rotatable bonds is 8. The summed E-state index contributed by atoms with van der Waals surface area (Å²) in [5, 5.41) is 11.4. The van der Waals surface area contributed by atoms with Crippen LogP contribution in [0.2, 0.25) is 0 Å². The lowest BCUT2D eigenvalue weighted by atomic mass is 10.1. The van der Waals surface area contributed by atoms with E-state index in [1.165, 1.54) is 0 Å². The molecule has 2 heterocycles. The zero-order valence-corrected chi connectivity index (χ0v) is 18.6. The van der Waals surface area contributed by atoms with Crippen molar-refractivity contribution in [1.29, 1.82) is 0 Å². The Labute approximate surface area is 178 Å². The number of hydrogen-bond donors (Lipinski definition) is 2. The number of hydrogen-bond acceptors (Lipinski definition) is 4. The van der Waals surface area contributed by atoms with E-state index in [2.05, 4.69) is 32.6 Å². The molecule has 164 valence electrons. The maximum Gasteiger partial charge on any atom is 0.191 e. The van der Waals surface area contributed by atoms with E-state index >= 15 is 0 Å². The number of aromatic nitrogens is 3. The lowest BCUT2D eigenvalue weighted by Crippen LogP contribution is -2.47. The summed E-state index contributed by atoms with van der Waals surface area (Å²) in [4.78, 5) is 11.3. The minimum absolute atomic E-state index is 0.193. The number of benzene rings is 1. The van der Waals surface area contributed by atoms with E-state index in [9.17, 15) is 4.39 Å². The third kappa shape index (κ3) is 5.29. The third-order valence-electron chi connectivity index (χ3n) is 5.44. The van der Waals surface area contributed by atoms with Gasteiger partial charge >= 0.3 is 0 Å². The highest BCUT2D eigenvalue weighted by Crippen LogP contribution is 2.21. The van der Waals surface area contributed by atoms with E-state index in [1.807, 2.05) is 42.5 Å². The summed E-state index contributed by atoms with van der Waals surface area (Å²) in [5.74, 6) is 2.52. The molecule has 1 aliphatic heterocycles. The molecule has 1 atom stereocenters. The maximum atomic E-state index is 14.6. The normalized spacial score (nSPS) is 16.3. The fourth-order valence-corrected chi connectivity index (χ4v) is 3.78. The van der Waals surface area contributed by atoms with Crippen molar-refractivity contribution in [2.75, 3.05) is 24.5 Å². The van der Waals surface area contributed by atoms with Gasteiger partial charge in [0.05, 0.1) is 18.8 Å². The molecule has 1 aliphatic rings. The van der Waals surface area contributed by atoms with Crippen molar-refractivity contribution in [3.8, 4) is 0 Å². The Morgan fingerprint density at radius 3 is 2.73 bits per heavy atom. The van der Waals surface area contributed by atoms with Crippen LogP contribution in [0.5, 0.6) is 0 Å². The zero-order chi connectivity index (χ0) is 21.5. The van der Waals surface area contributed by atoms with Crippen LogP contribution in [-0.4, -0.2) is 46.4 Å². The molecular weight excluding hydrogens is 381 g/mol. The fourth-order valence-electron chi connectivity index (χ4n) is 3.78. The lowest BCUT2D eigenvalue weighted by Gasteiger charge is -2.25. The number of aryl methyl sites for hydroxylation is 2. The molecule has 8 heteroatoms. The number of aliphatic imine (C=N–C) groups is 1.